The van der Waals surface area contributed by atoms with E-state index in [-0.39, 0.29) is 23.9 Å². The van der Waals surface area contributed by atoms with E-state index in [9.17, 15) is 18.0 Å². The minimum Gasteiger partial charge on any atom is -0.444 e. The number of benzene rings is 1. The van der Waals surface area contributed by atoms with Gasteiger partial charge in [0.15, 0.2) is 0 Å². The van der Waals surface area contributed by atoms with Crippen LogP contribution in [0, 0.1) is 0 Å². The fourth-order valence-corrected chi connectivity index (χ4v) is 3.96. The molecule has 0 spiro atoms. The third kappa shape index (κ3) is 5.42. The van der Waals surface area contributed by atoms with E-state index >= 15 is 0 Å². The van der Waals surface area contributed by atoms with Crippen LogP contribution >= 0.6 is 0 Å². The second-order valence-electron chi connectivity index (χ2n) is 8.44. The molecule has 7 heteroatoms. The van der Waals surface area contributed by atoms with Crippen LogP contribution in [0.5, 0.6) is 5.75 Å². The Morgan fingerprint density at radius 3 is 2.61 bits per heavy atom. The summed E-state index contributed by atoms with van der Waals surface area (Å²) in [6, 6.07) is 6.12. The largest absolute Gasteiger partial charge is 0.573 e. The van der Waals surface area contributed by atoms with Crippen molar-refractivity contribution in [1.29, 1.82) is 0 Å². The van der Waals surface area contributed by atoms with E-state index in [4.69, 9.17) is 4.74 Å². The second-order valence-corrected chi connectivity index (χ2v) is 8.44. The summed E-state index contributed by atoms with van der Waals surface area (Å²) in [5.41, 5.74) is 1.35. The van der Waals surface area contributed by atoms with Crippen LogP contribution in [0.3, 0.4) is 0 Å². The van der Waals surface area contributed by atoms with Gasteiger partial charge in [0, 0.05) is 6.04 Å². The number of piperidine rings is 1. The van der Waals surface area contributed by atoms with Gasteiger partial charge in [-0.05, 0) is 70.6 Å². The first-order valence-electron chi connectivity index (χ1n) is 9.56. The number of amides is 1. The number of alkyl halides is 3. The molecule has 1 aromatic carbocycles. The van der Waals surface area contributed by atoms with Crippen molar-refractivity contribution in [3.63, 3.8) is 0 Å². The van der Waals surface area contributed by atoms with Crippen LogP contribution in [0.2, 0.25) is 0 Å². The molecule has 1 saturated heterocycles. The molecule has 28 heavy (non-hydrogen) atoms. The molecule has 2 bridgehead atoms. The highest BCUT2D eigenvalue weighted by Crippen LogP contribution is 2.36. The molecule has 0 radical (unpaired) electrons. The van der Waals surface area contributed by atoms with Crippen molar-refractivity contribution < 1.29 is 27.4 Å². The number of halogens is 3. The van der Waals surface area contributed by atoms with E-state index < -0.39 is 12.0 Å². The minimum atomic E-state index is -4.70. The summed E-state index contributed by atoms with van der Waals surface area (Å²) in [7, 11) is 0. The third-order valence-electron chi connectivity index (χ3n) is 4.88. The molecule has 0 aliphatic carbocycles. The first-order chi connectivity index (χ1) is 13.0. The maximum absolute atomic E-state index is 12.6. The zero-order valence-electron chi connectivity index (χ0n) is 16.4. The van der Waals surface area contributed by atoms with E-state index in [1.54, 1.807) is 12.1 Å². The molecule has 2 aliphatic heterocycles. The Kier molecular flexibility index (Phi) is 5.64. The molecular weight excluding hydrogens is 371 g/mol. The fraction of sp³-hybridized carbons (Fsp3) is 0.571. The molecule has 4 nitrogen and oxygen atoms in total. The normalized spacial score (nSPS) is 22.5. The van der Waals surface area contributed by atoms with Gasteiger partial charge in [0.2, 0.25) is 0 Å². The summed E-state index contributed by atoms with van der Waals surface area (Å²) >= 11 is 0. The first kappa shape index (κ1) is 20.6. The Morgan fingerprint density at radius 2 is 1.96 bits per heavy atom. The predicted molar refractivity (Wildman–Crippen MR) is 99.0 cm³/mol. The molecule has 154 valence electrons. The second kappa shape index (κ2) is 7.68. The summed E-state index contributed by atoms with van der Waals surface area (Å²) in [6.45, 7) is 5.55. The van der Waals surface area contributed by atoms with Crippen molar-refractivity contribution in [2.45, 2.75) is 76.9 Å². The van der Waals surface area contributed by atoms with Crippen molar-refractivity contribution >= 4 is 6.09 Å². The Morgan fingerprint density at radius 1 is 1.21 bits per heavy atom. The third-order valence-corrected chi connectivity index (χ3v) is 4.88. The van der Waals surface area contributed by atoms with Gasteiger partial charge in [-0.25, -0.2) is 4.79 Å². The van der Waals surface area contributed by atoms with Gasteiger partial charge < -0.3 is 9.47 Å². The summed E-state index contributed by atoms with van der Waals surface area (Å²) in [4.78, 5) is 14.5. The highest BCUT2D eigenvalue weighted by molar-refractivity contribution is 5.70. The predicted octanol–water partition coefficient (Wildman–Crippen LogP) is 5.62. The molecule has 1 amide bonds. The molecule has 0 aromatic heterocycles. The number of hydrogen-bond acceptors (Lipinski definition) is 3. The van der Waals surface area contributed by atoms with Crippen molar-refractivity contribution in [2.75, 3.05) is 0 Å². The van der Waals surface area contributed by atoms with E-state index in [0.717, 1.165) is 30.4 Å². The Hall–Kier alpha value is -2.18. The highest BCUT2D eigenvalue weighted by Gasteiger charge is 2.39. The van der Waals surface area contributed by atoms with Crippen LogP contribution in [-0.4, -0.2) is 35.0 Å². The van der Waals surface area contributed by atoms with Gasteiger partial charge in [-0.1, -0.05) is 23.8 Å². The molecular formula is C21H26F3NO3. The summed E-state index contributed by atoms with van der Waals surface area (Å²) in [5.74, 6) is -0.211. The van der Waals surface area contributed by atoms with Crippen molar-refractivity contribution in [3.05, 3.63) is 41.5 Å². The van der Waals surface area contributed by atoms with E-state index in [2.05, 4.69) is 10.8 Å². The van der Waals surface area contributed by atoms with Gasteiger partial charge >= 0.3 is 12.5 Å². The molecule has 2 unspecified atom stereocenters. The van der Waals surface area contributed by atoms with E-state index in [1.807, 2.05) is 25.7 Å². The lowest BCUT2D eigenvalue weighted by molar-refractivity contribution is -0.274. The van der Waals surface area contributed by atoms with Crippen LogP contribution in [0.15, 0.2) is 35.9 Å². The van der Waals surface area contributed by atoms with Crippen LogP contribution in [-0.2, 0) is 11.2 Å². The zero-order valence-corrected chi connectivity index (χ0v) is 16.4. The smallest absolute Gasteiger partial charge is 0.444 e. The first-order valence-corrected chi connectivity index (χ1v) is 9.56. The number of hydrogen-bond donors (Lipinski definition) is 0. The van der Waals surface area contributed by atoms with Crippen molar-refractivity contribution in [2.24, 2.45) is 0 Å². The number of fused-ring (bicyclic) bond motifs is 2. The maximum Gasteiger partial charge on any atom is 0.573 e. The Bertz CT molecular complexity index is 752. The number of nitrogens with zero attached hydrogens (tertiary/aromatic N) is 1. The number of carbonyl (C=O) groups excluding carboxylic acids is 1. The van der Waals surface area contributed by atoms with Gasteiger partial charge in [-0.3, -0.25) is 4.90 Å². The average molecular weight is 397 g/mol. The molecule has 3 rings (SSSR count). The summed E-state index contributed by atoms with van der Waals surface area (Å²) in [6.07, 6.45) is 1.17. The quantitative estimate of drug-likeness (QED) is 0.622. The highest BCUT2D eigenvalue weighted by atomic mass is 19.4. The molecule has 1 fully saturated rings. The van der Waals surface area contributed by atoms with Crippen molar-refractivity contribution in [1.82, 2.24) is 4.90 Å². The van der Waals surface area contributed by atoms with E-state index in [1.165, 1.54) is 12.1 Å². The lowest BCUT2D eigenvalue weighted by Crippen LogP contribution is -2.53. The number of carbonyl (C=O) groups is 1. The van der Waals surface area contributed by atoms with E-state index in [0.29, 0.717) is 12.8 Å². The summed E-state index contributed by atoms with van der Waals surface area (Å²) in [5, 5.41) is 0. The Balaban J connectivity index is 1.73. The molecule has 0 saturated carbocycles. The van der Waals surface area contributed by atoms with Gasteiger partial charge in [-0.15, -0.1) is 13.2 Å². The van der Waals surface area contributed by atoms with Crippen molar-refractivity contribution in [3.8, 4) is 5.75 Å². The van der Waals surface area contributed by atoms with Crippen LogP contribution < -0.4 is 4.74 Å². The lowest BCUT2D eigenvalue weighted by atomic mass is 9.83. The molecule has 2 heterocycles. The van der Waals surface area contributed by atoms with Crippen LogP contribution in [0.25, 0.3) is 0 Å². The monoisotopic (exact) mass is 397 g/mol. The molecule has 2 atom stereocenters. The van der Waals surface area contributed by atoms with Gasteiger partial charge in [0.25, 0.3) is 0 Å². The molecule has 0 N–H and O–H groups in total. The van der Waals surface area contributed by atoms with Gasteiger partial charge in [-0.2, -0.15) is 0 Å². The van der Waals surface area contributed by atoms with Gasteiger partial charge in [0.05, 0.1) is 6.04 Å². The Labute approximate surface area is 163 Å². The van der Waals surface area contributed by atoms with Crippen LogP contribution in [0.1, 0.15) is 52.0 Å². The topological polar surface area (TPSA) is 38.8 Å². The number of rotatable bonds is 3. The zero-order chi connectivity index (χ0) is 20.5. The maximum atomic E-state index is 12.6. The standard InChI is InChI=1S/C21H26F3NO3/c1-20(2,3)28-19(26)25-16-7-5-8-17(25)12-15(11-16)10-14-6-4-9-18(13-14)27-21(22,23)24/h4,6,9,11,13,16-17H,5,7-8,10,12H2,1-3H3. The lowest BCUT2D eigenvalue weighted by Gasteiger charge is -2.45. The SMILES string of the molecule is CC(C)(C)OC(=O)N1C2C=C(Cc3cccc(OC(F)(F)F)c3)CC1CCC2. The minimum absolute atomic E-state index is 0.0213. The number of ether oxygens (including phenoxy) is 2. The van der Waals surface area contributed by atoms with Gasteiger partial charge in [0.1, 0.15) is 11.4 Å². The molecule has 1 aromatic rings. The van der Waals surface area contributed by atoms with Crippen LogP contribution in [0.4, 0.5) is 18.0 Å². The average Bonchev–Trinajstić information content (AvgIpc) is 2.51. The summed E-state index contributed by atoms with van der Waals surface area (Å²) < 4.78 is 46.9. The molecule has 2 aliphatic rings. The fourth-order valence-electron chi connectivity index (χ4n) is 3.96.